The lowest BCUT2D eigenvalue weighted by Crippen LogP contribution is -2.28. The molecule has 2 rings (SSSR count). The lowest BCUT2D eigenvalue weighted by atomic mass is 9.70. The van der Waals surface area contributed by atoms with Crippen LogP contribution in [-0.4, -0.2) is 12.7 Å². The van der Waals surface area contributed by atoms with E-state index in [1.165, 1.54) is 96.3 Å². The van der Waals surface area contributed by atoms with Gasteiger partial charge in [0.15, 0.2) is 0 Å². The zero-order valence-electron chi connectivity index (χ0n) is 16.3. The summed E-state index contributed by atoms with van der Waals surface area (Å²) >= 11 is 0. The van der Waals surface area contributed by atoms with Crippen LogP contribution in [-0.2, 0) is 4.74 Å². The van der Waals surface area contributed by atoms with Crippen LogP contribution in [0.5, 0.6) is 0 Å². The highest BCUT2D eigenvalue weighted by Gasteiger charge is 2.30. The molecule has 0 bridgehead atoms. The molecule has 1 nitrogen and oxygen atoms in total. The van der Waals surface area contributed by atoms with E-state index in [0.717, 1.165) is 24.4 Å². The topological polar surface area (TPSA) is 9.23 Å². The molecule has 0 aromatic rings. The summed E-state index contributed by atoms with van der Waals surface area (Å²) in [6, 6.07) is 0. The van der Waals surface area contributed by atoms with Crippen LogP contribution in [0, 0.1) is 17.8 Å². The predicted molar refractivity (Wildman–Crippen MR) is 105 cm³/mol. The van der Waals surface area contributed by atoms with Gasteiger partial charge in [-0.3, -0.25) is 0 Å². The normalized spacial score (nSPS) is 31.0. The number of rotatable bonds is 11. The molecular formula is C23H42O. The van der Waals surface area contributed by atoms with Gasteiger partial charge in [0.05, 0.1) is 6.10 Å². The molecule has 2 aliphatic rings. The molecule has 0 atom stereocenters. The van der Waals surface area contributed by atoms with Crippen LogP contribution in [0.1, 0.15) is 103 Å². The fourth-order valence-corrected chi connectivity index (χ4v) is 5.00. The highest BCUT2D eigenvalue weighted by molar-refractivity contribution is 4.82. The summed E-state index contributed by atoms with van der Waals surface area (Å²) in [5, 5.41) is 0. The van der Waals surface area contributed by atoms with E-state index in [0.29, 0.717) is 6.10 Å². The molecule has 0 radical (unpaired) electrons. The molecule has 140 valence electrons. The maximum atomic E-state index is 6.13. The zero-order valence-corrected chi connectivity index (χ0v) is 16.3. The minimum Gasteiger partial charge on any atom is -0.378 e. The first kappa shape index (κ1) is 20.0. The molecule has 0 saturated heterocycles. The van der Waals surface area contributed by atoms with Crippen LogP contribution in [0.2, 0.25) is 0 Å². The number of hydrogen-bond acceptors (Lipinski definition) is 1. The first-order valence-corrected chi connectivity index (χ1v) is 11.1. The predicted octanol–water partition coefficient (Wildman–Crippen LogP) is 7.30. The highest BCUT2D eigenvalue weighted by atomic mass is 16.5. The molecule has 0 amide bonds. The van der Waals surface area contributed by atoms with E-state index >= 15 is 0 Å². The van der Waals surface area contributed by atoms with Gasteiger partial charge in [0, 0.05) is 6.61 Å². The smallest absolute Gasteiger partial charge is 0.0575 e. The van der Waals surface area contributed by atoms with E-state index in [-0.39, 0.29) is 0 Å². The standard InChI is InChI=1S/C23H42O/c1-3-5-7-9-19-24-23-17-15-22(16-18-23)21-13-11-20(12-14-21)10-8-6-4-2/h4,20-23H,2-3,5-19H2,1H3/t20-,21-,22-,23-. The Balaban J connectivity index is 1.54. The third-order valence-corrected chi connectivity index (χ3v) is 6.65. The lowest BCUT2D eigenvalue weighted by molar-refractivity contribution is 0.00530. The Labute approximate surface area is 151 Å². The van der Waals surface area contributed by atoms with E-state index < -0.39 is 0 Å². The first-order chi connectivity index (χ1) is 11.8. The van der Waals surface area contributed by atoms with Crippen molar-refractivity contribution in [2.24, 2.45) is 17.8 Å². The molecular weight excluding hydrogens is 292 g/mol. The minimum absolute atomic E-state index is 0.582. The quantitative estimate of drug-likeness (QED) is 0.284. The van der Waals surface area contributed by atoms with Gasteiger partial charge in [-0.25, -0.2) is 0 Å². The monoisotopic (exact) mass is 334 g/mol. The average Bonchev–Trinajstić information content (AvgIpc) is 2.63. The molecule has 0 aromatic heterocycles. The molecule has 0 aromatic carbocycles. The Morgan fingerprint density at radius 2 is 1.50 bits per heavy atom. The largest absolute Gasteiger partial charge is 0.378 e. The van der Waals surface area contributed by atoms with Crippen molar-refractivity contribution in [3.63, 3.8) is 0 Å². The Bertz CT molecular complexity index is 308. The van der Waals surface area contributed by atoms with E-state index in [9.17, 15) is 0 Å². The van der Waals surface area contributed by atoms with Gasteiger partial charge in [-0.1, -0.05) is 51.5 Å². The molecule has 2 aliphatic carbocycles. The van der Waals surface area contributed by atoms with Crippen molar-refractivity contribution in [1.82, 2.24) is 0 Å². The SMILES string of the molecule is C=CCCC[C@H]1CC[C@H]([C@H]2CC[C@H](OCCCCCC)CC2)CC1. The van der Waals surface area contributed by atoms with Gasteiger partial charge >= 0.3 is 0 Å². The van der Waals surface area contributed by atoms with Gasteiger partial charge in [-0.2, -0.15) is 0 Å². The molecule has 0 aliphatic heterocycles. The number of ether oxygens (including phenoxy) is 1. The molecule has 0 N–H and O–H groups in total. The number of allylic oxidation sites excluding steroid dienone is 1. The average molecular weight is 335 g/mol. The summed E-state index contributed by atoms with van der Waals surface area (Å²) in [6.07, 6.45) is 23.5. The summed E-state index contributed by atoms with van der Waals surface area (Å²) in [5.74, 6) is 3.06. The van der Waals surface area contributed by atoms with Crippen LogP contribution in [0.3, 0.4) is 0 Å². The summed E-state index contributed by atoms with van der Waals surface area (Å²) in [5.41, 5.74) is 0. The van der Waals surface area contributed by atoms with Crippen LogP contribution in [0.4, 0.5) is 0 Å². The number of unbranched alkanes of at least 4 members (excludes halogenated alkanes) is 4. The van der Waals surface area contributed by atoms with Crippen molar-refractivity contribution in [3.8, 4) is 0 Å². The third kappa shape index (κ3) is 7.30. The van der Waals surface area contributed by atoms with E-state index in [2.05, 4.69) is 19.6 Å². The lowest BCUT2D eigenvalue weighted by Gasteiger charge is -2.38. The van der Waals surface area contributed by atoms with E-state index in [1.807, 2.05) is 0 Å². The molecule has 2 fully saturated rings. The van der Waals surface area contributed by atoms with Crippen LogP contribution in [0.25, 0.3) is 0 Å². The molecule has 0 heterocycles. The van der Waals surface area contributed by atoms with Gasteiger partial charge in [0.1, 0.15) is 0 Å². The van der Waals surface area contributed by atoms with Crippen LogP contribution < -0.4 is 0 Å². The van der Waals surface area contributed by atoms with Gasteiger partial charge < -0.3 is 4.74 Å². The van der Waals surface area contributed by atoms with Gasteiger partial charge in [-0.05, 0) is 75.5 Å². The zero-order chi connectivity index (χ0) is 17.0. The molecule has 2 saturated carbocycles. The van der Waals surface area contributed by atoms with Crippen LogP contribution >= 0.6 is 0 Å². The number of hydrogen-bond donors (Lipinski definition) is 0. The van der Waals surface area contributed by atoms with Crippen molar-refractivity contribution in [3.05, 3.63) is 12.7 Å². The summed E-state index contributed by atoms with van der Waals surface area (Å²) in [6.45, 7) is 7.12. The molecule has 0 spiro atoms. The first-order valence-electron chi connectivity index (χ1n) is 11.1. The minimum atomic E-state index is 0.582. The Kier molecular flexibility index (Phi) is 10.1. The van der Waals surface area contributed by atoms with E-state index in [1.54, 1.807) is 0 Å². The maximum absolute atomic E-state index is 6.13. The second-order valence-electron chi connectivity index (χ2n) is 8.47. The highest BCUT2D eigenvalue weighted by Crippen LogP contribution is 2.41. The maximum Gasteiger partial charge on any atom is 0.0575 e. The Hall–Kier alpha value is -0.300. The molecule has 0 unspecified atom stereocenters. The molecule has 1 heteroatoms. The van der Waals surface area contributed by atoms with Crippen molar-refractivity contribution in [2.75, 3.05) is 6.61 Å². The summed E-state index contributed by atoms with van der Waals surface area (Å²) in [7, 11) is 0. The summed E-state index contributed by atoms with van der Waals surface area (Å²) < 4.78 is 6.13. The van der Waals surface area contributed by atoms with Gasteiger partial charge in [0.2, 0.25) is 0 Å². The second kappa shape index (κ2) is 12.1. The third-order valence-electron chi connectivity index (χ3n) is 6.65. The van der Waals surface area contributed by atoms with Gasteiger partial charge in [0.25, 0.3) is 0 Å². The van der Waals surface area contributed by atoms with Crippen LogP contribution in [0.15, 0.2) is 12.7 Å². The van der Waals surface area contributed by atoms with Crippen molar-refractivity contribution in [1.29, 1.82) is 0 Å². The second-order valence-corrected chi connectivity index (χ2v) is 8.47. The Morgan fingerprint density at radius 1 is 0.833 bits per heavy atom. The van der Waals surface area contributed by atoms with E-state index in [4.69, 9.17) is 4.74 Å². The van der Waals surface area contributed by atoms with Crippen molar-refractivity contribution >= 4 is 0 Å². The summed E-state index contributed by atoms with van der Waals surface area (Å²) in [4.78, 5) is 0. The fraction of sp³-hybridized carbons (Fsp3) is 0.913. The molecule has 24 heavy (non-hydrogen) atoms. The van der Waals surface area contributed by atoms with Gasteiger partial charge in [-0.15, -0.1) is 6.58 Å². The van der Waals surface area contributed by atoms with Crippen molar-refractivity contribution < 1.29 is 4.74 Å². The van der Waals surface area contributed by atoms with Crippen molar-refractivity contribution in [2.45, 2.75) is 109 Å². The Morgan fingerprint density at radius 3 is 2.12 bits per heavy atom. The fourth-order valence-electron chi connectivity index (χ4n) is 5.00.